The van der Waals surface area contributed by atoms with Crippen molar-refractivity contribution in [2.24, 2.45) is 0 Å². The van der Waals surface area contributed by atoms with Gasteiger partial charge >= 0.3 is 5.97 Å². The molecule has 1 unspecified atom stereocenters. The summed E-state index contributed by atoms with van der Waals surface area (Å²) in [4.78, 5) is 23.0. The first kappa shape index (κ1) is 21.0. The van der Waals surface area contributed by atoms with Crippen molar-refractivity contribution in [1.29, 1.82) is 0 Å². The van der Waals surface area contributed by atoms with Crippen LogP contribution in [0.4, 0.5) is 4.39 Å². The molecule has 0 aliphatic rings. The maximum atomic E-state index is 12.9. The van der Waals surface area contributed by atoms with Crippen molar-refractivity contribution in [2.75, 3.05) is 32.6 Å². The molecule has 1 rings (SSSR count). The van der Waals surface area contributed by atoms with Crippen LogP contribution < -0.4 is 10.0 Å². The summed E-state index contributed by atoms with van der Waals surface area (Å²) < 4.78 is 43.0. The molecular weight excluding hydrogens is 355 g/mol. The number of carbonyl (C=O) groups is 2. The van der Waals surface area contributed by atoms with Crippen molar-refractivity contribution in [1.82, 2.24) is 10.0 Å². The van der Waals surface area contributed by atoms with E-state index in [0.29, 0.717) is 12.0 Å². The fourth-order valence-electron chi connectivity index (χ4n) is 1.96. The van der Waals surface area contributed by atoms with Crippen molar-refractivity contribution in [2.45, 2.75) is 12.3 Å². The number of hydrogen-bond donors (Lipinski definition) is 3. The summed E-state index contributed by atoms with van der Waals surface area (Å²) >= 11 is 0. The number of carboxylic acid groups (broad SMARTS) is 1. The first-order valence-corrected chi connectivity index (χ1v) is 9.11. The summed E-state index contributed by atoms with van der Waals surface area (Å²) in [6.07, 6.45) is 0.291. The van der Waals surface area contributed by atoms with Gasteiger partial charge in [-0.15, -0.1) is 0 Å². The predicted octanol–water partition coefficient (Wildman–Crippen LogP) is 0.0660. The van der Waals surface area contributed by atoms with E-state index in [2.05, 4.69) is 10.0 Å². The Bertz CT molecular complexity index is 678. The molecule has 0 heterocycles. The number of benzene rings is 1. The van der Waals surface area contributed by atoms with Crippen LogP contribution in [0.5, 0.6) is 0 Å². The Morgan fingerprint density at radius 3 is 2.48 bits per heavy atom. The van der Waals surface area contributed by atoms with Crippen LogP contribution in [0.1, 0.15) is 17.9 Å². The highest BCUT2D eigenvalue weighted by atomic mass is 32.2. The molecule has 1 amide bonds. The van der Waals surface area contributed by atoms with E-state index in [9.17, 15) is 27.5 Å². The second-order valence-electron chi connectivity index (χ2n) is 5.23. The van der Waals surface area contributed by atoms with Gasteiger partial charge in [0.15, 0.2) is 0 Å². The van der Waals surface area contributed by atoms with Gasteiger partial charge in [-0.05, 0) is 24.1 Å². The lowest BCUT2D eigenvalue weighted by molar-refractivity contribution is -0.138. The minimum Gasteiger partial charge on any atom is -0.481 e. The van der Waals surface area contributed by atoms with Gasteiger partial charge in [0.25, 0.3) is 0 Å². The average Bonchev–Trinajstić information content (AvgIpc) is 2.55. The average molecular weight is 376 g/mol. The van der Waals surface area contributed by atoms with E-state index in [-0.39, 0.29) is 18.9 Å². The van der Waals surface area contributed by atoms with E-state index in [1.165, 1.54) is 19.2 Å². The Balaban J connectivity index is 2.50. The molecule has 0 saturated heterocycles. The van der Waals surface area contributed by atoms with Crippen LogP contribution in [0, 0.1) is 5.82 Å². The minimum absolute atomic E-state index is 0.179. The van der Waals surface area contributed by atoms with Crippen LogP contribution in [0.3, 0.4) is 0 Å². The summed E-state index contributed by atoms with van der Waals surface area (Å²) in [5.41, 5.74) is 0.328. The maximum absolute atomic E-state index is 12.9. The minimum atomic E-state index is -3.61. The quantitative estimate of drug-likeness (QED) is 0.470. The summed E-state index contributed by atoms with van der Waals surface area (Å²) in [5, 5.41) is 11.6. The highest BCUT2D eigenvalue weighted by Gasteiger charge is 2.21. The van der Waals surface area contributed by atoms with Crippen molar-refractivity contribution < 1.29 is 32.2 Å². The number of ether oxygens (including phenoxy) is 1. The molecule has 1 aromatic carbocycles. The van der Waals surface area contributed by atoms with E-state index in [1.54, 1.807) is 0 Å². The normalized spacial score (nSPS) is 12.6. The number of halogens is 1. The van der Waals surface area contributed by atoms with Crippen molar-refractivity contribution in [3.8, 4) is 0 Å². The number of rotatable bonds is 11. The van der Waals surface area contributed by atoms with Crippen molar-refractivity contribution in [3.05, 3.63) is 35.6 Å². The molecule has 140 valence electrons. The molecule has 0 aliphatic heterocycles. The largest absolute Gasteiger partial charge is 0.481 e. The second kappa shape index (κ2) is 10.1. The SMILES string of the molecule is COCCCS(=O)(=O)NCC(=O)NCC(C(=O)O)c1ccc(F)cc1. The van der Waals surface area contributed by atoms with Crippen LogP contribution in [-0.2, 0) is 24.3 Å². The Kier molecular flexibility index (Phi) is 8.46. The summed E-state index contributed by atoms with van der Waals surface area (Å²) in [6.45, 7) is -0.457. The molecule has 0 aliphatic carbocycles. The lowest BCUT2D eigenvalue weighted by Crippen LogP contribution is -2.40. The van der Waals surface area contributed by atoms with Crippen LogP contribution >= 0.6 is 0 Å². The van der Waals surface area contributed by atoms with E-state index in [1.807, 2.05) is 0 Å². The molecule has 0 aromatic heterocycles. The zero-order valence-electron chi connectivity index (χ0n) is 13.7. The number of aliphatic carboxylic acids is 1. The van der Waals surface area contributed by atoms with Gasteiger partial charge in [0.2, 0.25) is 15.9 Å². The van der Waals surface area contributed by atoms with Gasteiger partial charge in [-0.1, -0.05) is 12.1 Å². The number of sulfonamides is 1. The fraction of sp³-hybridized carbons (Fsp3) is 0.467. The van der Waals surface area contributed by atoms with Crippen LogP contribution in [0.15, 0.2) is 24.3 Å². The fourth-order valence-corrected chi connectivity index (χ4v) is 2.96. The standard InChI is InChI=1S/C15H21FN2O6S/c1-24-7-2-8-25(22,23)18-10-14(19)17-9-13(15(20)21)11-3-5-12(16)6-4-11/h3-6,13,18H,2,7-10H2,1H3,(H,17,19)(H,20,21). The van der Waals surface area contributed by atoms with Crippen LogP contribution in [0.2, 0.25) is 0 Å². The zero-order valence-corrected chi connectivity index (χ0v) is 14.5. The summed E-state index contributed by atoms with van der Waals surface area (Å²) in [5.74, 6) is -3.60. The Hall–Kier alpha value is -2.04. The van der Waals surface area contributed by atoms with Gasteiger partial charge in [-0.3, -0.25) is 9.59 Å². The third-order valence-corrected chi connectivity index (χ3v) is 4.70. The van der Waals surface area contributed by atoms with E-state index < -0.39 is 40.2 Å². The molecule has 1 aromatic rings. The molecule has 0 radical (unpaired) electrons. The highest BCUT2D eigenvalue weighted by molar-refractivity contribution is 7.89. The molecule has 0 spiro atoms. The lowest BCUT2D eigenvalue weighted by atomic mass is 9.99. The smallest absolute Gasteiger partial charge is 0.312 e. The van der Waals surface area contributed by atoms with Gasteiger partial charge in [0.1, 0.15) is 5.82 Å². The van der Waals surface area contributed by atoms with Gasteiger partial charge in [-0.25, -0.2) is 17.5 Å². The maximum Gasteiger partial charge on any atom is 0.312 e. The number of hydrogen-bond acceptors (Lipinski definition) is 5. The summed E-state index contributed by atoms with van der Waals surface area (Å²) in [7, 11) is -2.16. The number of carbonyl (C=O) groups excluding carboxylic acids is 1. The molecule has 10 heteroatoms. The third-order valence-electron chi connectivity index (χ3n) is 3.29. The monoisotopic (exact) mass is 376 g/mol. The van der Waals surface area contributed by atoms with Gasteiger partial charge in [-0.2, -0.15) is 0 Å². The van der Waals surface area contributed by atoms with E-state index in [4.69, 9.17) is 4.74 Å². The molecule has 25 heavy (non-hydrogen) atoms. The molecule has 1 atom stereocenters. The molecule has 0 fully saturated rings. The van der Waals surface area contributed by atoms with E-state index >= 15 is 0 Å². The second-order valence-corrected chi connectivity index (χ2v) is 7.16. The molecule has 0 bridgehead atoms. The number of amides is 1. The Labute approximate surface area is 145 Å². The first-order valence-electron chi connectivity index (χ1n) is 7.46. The molecular formula is C15H21FN2O6S. The Morgan fingerprint density at radius 2 is 1.92 bits per heavy atom. The number of methoxy groups -OCH3 is 1. The Morgan fingerprint density at radius 1 is 1.28 bits per heavy atom. The summed E-state index contributed by atoms with van der Waals surface area (Å²) in [6, 6.07) is 4.89. The zero-order chi connectivity index (χ0) is 18.9. The van der Waals surface area contributed by atoms with Crippen LogP contribution in [-0.4, -0.2) is 58.0 Å². The van der Waals surface area contributed by atoms with Crippen LogP contribution in [0.25, 0.3) is 0 Å². The lowest BCUT2D eigenvalue weighted by Gasteiger charge is -2.14. The number of carboxylic acids is 1. The molecule has 8 nitrogen and oxygen atoms in total. The van der Waals surface area contributed by atoms with E-state index in [0.717, 1.165) is 12.1 Å². The topological polar surface area (TPSA) is 122 Å². The first-order chi connectivity index (χ1) is 11.7. The highest BCUT2D eigenvalue weighted by Crippen LogP contribution is 2.15. The number of nitrogens with one attached hydrogen (secondary N) is 2. The van der Waals surface area contributed by atoms with Gasteiger partial charge < -0.3 is 15.2 Å². The molecule has 0 saturated carbocycles. The predicted molar refractivity (Wildman–Crippen MR) is 88.1 cm³/mol. The van der Waals surface area contributed by atoms with Crippen molar-refractivity contribution in [3.63, 3.8) is 0 Å². The van der Waals surface area contributed by atoms with Crippen molar-refractivity contribution >= 4 is 21.9 Å². The third kappa shape index (κ3) is 8.05. The van der Waals surface area contributed by atoms with Gasteiger partial charge in [0.05, 0.1) is 18.2 Å². The molecule has 3 N–H and O–H groups in total. The van der Waals surface area contributed by atoms with Gasteiger partial charge in [0, 0.05) is 20.3 Å².